The number of anilines is 1. The van der Waals surface area contributed by atoms with E-state index in [4.69, 9.17) is 14.2 Å². The zero-order valence-corrected chi connectivity index (χ0v) is 21.0. The number of aromatic nitrogens is 2. The molecule has 5 rings (SSSR count). The van der Waals surface area contributed by atoms with Gasteiger partial charge in [0.2, 0.25) is 0 Å². The van der Waals surface area contributed by atoms with Gasteiger partial charge in [-0.3, -0.25) is 4.57 Å². The van der Waals surface area contributed by atoms with E-state index in [0.717, 1.165) is 31.6 Å². The summed E-state index contributed by atoms with van der Waals surface area (Å²) in [5.74, 6) is 1.04. The number of nitro groups is 1. The lowest BCUT2D eigenvalue weighted by molar-refractivity contribution is -0.389. The Hall–Kier alpha value is -3.61. The second-order valence-corrected chi connectivity index (χ2v) is 10.1. The van der Waals surface area contributed by atoms with Gasteiger partial charge in [-0.15, -0.1) is 0 Å². The highest BCUT2D eigenvalue weighted by atomic mass is 32.2. The van der Waals surface area contributed by atoms with Gasteiger partial charge in [-0.1, -0.05) is 0 Å². The largest absolute Gasteiger partial charge is 0.490 e. The Kier molecular flexibility index (Phi) is 7.54. The molecule has 2 aliphatic heterocycles. The summed E-state index contributed by atoms with van der Waals surface area (Å²) in [4.78, 5) is 16.6. The molecule has 202 valence electrons. The van der Waals surface area contributed by atoms with Crippen molar-refractivity contribution < 1.29 is 32.3 Å². The first kappa shape index (κ1) is 26.0. The summed E-state index contributed by atoms with van der Waals surface area (Å²) in [6, 6.07) is 14.0. The van der Waals surface area contributed by atoms with E-state index in [1.54, 1.807) is 16.7 Å². The molecule has 1 aromatic heterocycles. The summed E-state index contributed by atoms with van der Waals surface area (Å²) in [5.41, 5.74) is -3.24. The number of alkyl halides is 3. The number of piperidine rings is 1. The predicted molar refractivity (Wildman–Crippen MR) is 134 cm³/mol. The predicted octanol–water partition coefficient (Wildman–Crippen LogP) is 5.68. The SMILES string of the molecule is O=[N+]([O-])c1cn2c(n1)OC(COc1ccc(N3CCC(Oc4ccc(SC(F)(F)F)cc4)CC3)cc1)CC2. The van der Waals surface area contributed by atoms with Crippen molar-refractivity contribution in [2.45, 2.75) is 48.4 Å². The lowest BCUT2D eigenvalue weighted by atomic mass is 10.1. The Morgan fingerprint density at radius 2 is 1.71 bits per heavy atom. The third-order valence-corrected chi connectivity index (χ3v) is 7.06. The highest BCUT2D eigenvalue weighted by Gasteiger charge is 2.30. The van der Waals surface area contributed by atoms with Crippen molar-refractivity contribution in [3.05, 3.63) is 64.8 Å². The fourth-order valence-electron chi connectivity index (χ4n) is 4.42. The van der Waals surface area contributed by atoms with E-state index in [9.17, 15) is 23.3 Å². The summed E-state index contributed by atoms with van der Waals surface area (Å²) in [6.45, 7) is 2.47. The van der Waals surface area contributed by atoms with Gasteiger partial charge in [-0.2, -0.15) is 13.2 Å². The van der Waals surface area contributed by atoms with Crippen molar-refractivity contribution in [3.8, 4) is 17.5 Å². The van der Waals surface area contributed by atoms with E-state index in [-0.39, 0.29) is 40.7 Å². The average Bonchev–Trinajstić information content (AvgIpc) is 3.33. The third kappa shape index (κ3) is 6.63. The molecule has 9 nitrogen and oxygen atoms in total. The monoisotopic (exact) mass is 550 g/mol. The normalized spacial score (nSPS) is 18.0. The molecular formula is C25H25F3N4O5S. The number of ether oxygens (including phenoxy) is 3. The van der Waals surface area contributed by atoms with Crippen LogP contribution in [-0.4, -0.2) is 51.9 Å². The number of aryl methyl sites for hydroxylation is 1. The average molecular weight is 551 g/mol. The van der Waals surface area contributed by atoms with Crippen molar-refractivity contribution in [1.82, 2.24) is 9.55 Å². The number of fused-ring (bicyclic) bond motifs is 1. The summed E-state index contributed by atoms with van der Waals surface area (Å²) >= 11 is -0.137. The number of benzene rings is 2. The molecular weight excluding hydrogens is 525 g/mol. The zero-order chi connectivity index (χ0) is 26.7. The van der Waals surface area contributed by atoms with Gasteiger partial charge in [-0.05, 0) is 65.2 Å². The quantitative estimate of drug-likeness (QED) is 0.201. The fraction of sp³-hybridized carbons (Fsp3) is 0.400. The van der Waals surface area contributed by atoms with Crippen LogP contribution in [0.15, 0.2) is 59.6 Å². The van der Waals surface area contributed by atoms with Crippen LogP contribution in [0.1, 0.15) is 19.3 Å². The summed E-state index contributed by atoms with van der Waals surface area (Å²) < 4.78 is 56.7. The number of imidazole rings is 1. The number of halogens is 3. The third-order valence-electron chi connectivity index (χ3n) is 6.32. The Morgan fingerprint density at radius 1 is 1.03 bits per heavy atom. The van der Waals surface area contributed by atoms with Crippen LogP contribution in [0.2, 0.25) is 0 Å². The minimum Gasteiger partial charge on any atom is -0.490 e. The molecule has 13 heteroatoms. The summed E-state index contributed by atoms with van der Waals surface area (Å²) in [5, 5.41) is 10.9. The molecule has 0 saturated carbocycles. The molecule has 38 heavy (non-hydrogen) atoms. The zero-order valence-electron chi connectivity index (χ0n) is 20.2. The van der Waals surface area contributed by atoms with Gasteiger partial charge >= 0.3 is 17.3 Å². The summed E-state index contributed by atoms with van der Waals surface area (Å²) in [6.07, 6.45) is 3.38. The van der Waals surface area contributed by atoms with Crippen molar-refractivity contribution in [3.63, 3.8) is 0 Å². The molecule has 2 aromatic carbocycles. The number of nitrogens with zero attached hydrogens (tertiary/aromatic N) is 4. The molecule has 0 bridgehead atoms. The number of hydrogen-bond donors (Lipinski definition) is 0. The van der Waals surface area contributed by atoms with Gasteiger partial charge in [0.25, 0.3) is 0 Å². The topological polar surface area (TPSA) is 91.9 Å². The van der Waals surface area contributed by atoms with E-state index >= 15 is 0 Å². The second-order valence-electron chi connectivity index (χ2n) is 8.99. The van der Waals surface area contributed by atoms with E-state index in [0.29, 0.717) is 31.1 Å². The number of thioether (sulfide) groups is 1. The lowest BCUT2D eigenvalue weighted by Crippen LogP contribution is -2.38. The van der Waals surface area contributed by atoms with Gasteiger partial charge in [-0.25, -0.2) is 0 Å². The molecule has 0 spiro atoms. The molecule has 0 N–H and O–H groups in total. The Labute approximate surface area is 220 Å². The van der Waals surface area contributed by atoms with Gasteiger partial charge in [0.1, 0.15) is 36.5 Å². The van der Waals surface area contributed by atoms with Crippen LogP contribution >= 0.6 is 11.8 Å². The molecule has 1 saturated heterocycles. The van der Waals surface area contributed by atoms with Gasteiger partial charge in [0.05, 0.1) is 0 Å². The van der Waals surface area contributed by atoms with Crippen LogP contribution in [0.3, 0.4) is 0 Å². The first-order valence-electron chi connectivity index (χ1n) is 12.1. The number of hydrogen-bond acceptors (Lipinski definition) is 8. The van der Waals surface area contributed by atoms with Crippen molar-refractivity contribution in [2.24, 2.45) is 0 Å². The maximum absolute atomic E-state index is 12.5. The fourth-order valence-corrected chi connectivity index (χ4v) is 4.96. The van der Waals surface area contributed by atoms with Crippen LogP contribution in [0, 0.1) is 10.1 Å². The number of rotatable bonds is 8. The molecule has 1 atom stereocenters. The first-order chi connectivity index (χ1) is 18.2. The van der Waals surface area contributed by atoms with Crippen LogP contribution < -0.4 is 19.1 Å². The molecule has 1 fully saturated rings. The van der Waals surface area contributed by atoms with Gasteiger partial charge in [0.15, 0.2) is 0 Å². The second kappa shape index (κ2) is 11.0. The standard InChI is InChI=1S/C25H25F3N4O5S/c26-25(27,28)38-22-7-5-19(6-8-22)36-20-9-12-30(13-10-20)17-1-3-18(4-2-17)35-16-21-11-14-31-15-23(32(33)34)29-24(31)37-21/h1-8,15,20-21H,9-14,16H2. The molecule has 3 aromatic rings. The highest BCUT2D eigenvalue weighted by molar-refractivity contribution is 8.00. The summed E-state index contributed by atoms with van der Waals surface area (Å²) in [7, 11) is 0. The minimum absolute atomic E-state index is 0.00231. The highest BCUT2D eigenvalue weighted by Crippen LogP contribution is 2.37. The maximum atomic E-state index is 12.5. The smallest absolute Gasteiger partial charge is 0.446 e. The Balaban J connectivity index is 1.06. The van der Waals surface area contributed by atoms with E-state index in [1.807, 2.05) is 24.3 Å². The van der Waals surface area contributed by atoms with Crippen LogP contribution in [0.4, 0.5) is 24.7 Å². The molecule has 1 unspecified atom stereocenters. The van der Waals surface area contributed by atoms with Crippen LogP contribution in [-0.2, 0) is 6.54 Å². The van der Waals surface area contributed by atoms with Crippen LogP contribution in [0.5, 0.6) is 17.5 Å². The van der Waals surface area contributed by atoms with Crippen molar-refractivity contribution in [2.75, 3.05) is 24.6 Å². The molecule has 0 aliphatic carbocycles. The lowest BCUT2D eigenvalue weighted by Gasteiger charge is -2.33. The van der Waals surface area contributed by atoms with Crippen molar-refractivity contribution in [1.29, 1.82) is 0 Å². The van der Waals surface area contributed by atoms with E-state index in [1.165, 1.54) is 18.3 Å². The maximum Gasteiger partial charge on any atom is 0.446 e. The van der Waals surface area contributed by atoms with Gasteiger partial charge < -0.3 is 29.2 Å². The van der Waals surface area contributed by atoms with Gasteiger partial charge in [0, 0.05) is 54.5 Å². The Bertz CT molecular complexity index is 1250. The van der Waals surface area contributed by atoms with E-state index < -0.39 is 10.4 Å². The molecule has 0 amide bonds. The Morgan fingerprint density at radius 3 is 2.37 bits per heavy atom. The first-order valence-corrected chi connectivity index (χ1v) is 12.9. The molecule has 0 radical (unpaired) electrons. The molecule has 2 aliphatic rings. The minimum atomic E-state index is -4.30. The van der Waals surface area contributed by atoms with Crippen molar-refractivity contribution >= 4 is 23.3 Å². The van der Waals surface area contributed by atoms with E-state index in [2.05, 4.69) is 9.88 Å². The molecule has 3 heterocycles. The van der Waals surface area contributed by atoms with Crippen LogP contribution in [0.25, 0.3) is 0 Å².